The van der Waals surface area contributed by atoms with E-state index in [1.54, 1.807) is 0 Å². The zero-order valence-corrected chi connectivity index (χ0v) is 10.6. The van der Waals surface area contributed by atoms with Gasteiger partial charge >= 0.3 is 0 Å². The number of benzene rings is 1. The molecule has 1 aromatic carbocycles. The summed E-state index contributed by atoms with van der Waals surface area (Å²) in [6, 6.07) is 3.00. The second-order valence-corrected chi connectivity index (χ2v) is 5.29. The van der Waals surface area contributed by atoms with Gasteiger partial charge in [0, 0.05) is 5.02 Å². The van der Waals surface area contributed by atoms with Crippen LogP contribution in [-0.2, 0) is 0 Å². The molecule has 86 valence electrons. The van der Waals surface area contributed by atoms with E-state index in [4.69, 9.17) is 23.2 Å². The minimum atomic E-state index is -0.413. The lowest BCUT2D eigenvalue weighted by Crippen LogP contribution is -2.26. The molecule has 1 aliphatic heterocycles. The van der Waals surface area contributed by atoms with Crippen LogP contribution in [0, 0.1) is 0 Å². The summed E-state index contributed by atoms with van der Waals surface area (Å²) in [4.78, 5) is 27.9. The highest BCUT2D eigenvalue weighted by molar-refractivity contribution is 8.00. The first-order valence-corrected chi connectivity index (χ1v) is 6.40. The van der Waals surface area contributed by atoms with Crippen molar-refractivity contribution in [3.8, 4) is 0 Å². The maximum Gasteiger partial charge on any atom is 0.269 e. The summed E-state index contributed by atoms with van der Waals surface area (Å²) in [6.45, 7) is 0. The van der Waals surface area contributed by atoms with Crippen LogP contribution in [-0.4, -0.2) is 21.2 Å². The number of aromatic nitrogens is 2. The molecule has 0 aliphatic carbocycles. The first-order valence-electron chi connectivity index (χ1n) is 4.66. The third kappa shape index (κ3) is 1.57. The fourth-order valence-corrected chi connectivity index (χ4v) is 3.09. The molecule has 17 heavy (non-hydrogen) atoms. The Balaban J connectivity index is 2.53. The van der Waals surface area contributed by atoms with E-state index >= 15 is 0 Å². The summed E-state index contributed by atoms with van der Waals surface area (Å²) in [5.41, 5.74) is -0.0288. The minimum absolute atomic E-state index is 0.226. The molecule has 1 aliphatic rings. The van der Waals surface area contributed by atoms with Crippen LogP contribution in [0.2, 0.25) is 10.0 Å². The number of hydrogen-bond acceptors (Lipinski definition) is 4. The van der Waals surface area contributed by atoms with Gasteiger partial charge in [-0.05, 0) is 12.1 Å². The van der Waals surface area contributed by atoms with Gasteiger partial charge in [-0.2, -0.15) is 0 Å². The number of fused-ring (bicyclic) bond motifs is 2. The average molecular weight is 287 g/mol. The van der Waals surface area contributed by atoms with Gasteiger partial charge in [0.2, 0.25) is 5.91 Å². The quantitative estimate of drug-likeness (QED) is 0.698. The number of nitrogens with zero attached hydrogens (tertiary/aromatic N) is 2. The molecular formula is C10H4Cl2N2O2S. The van der Waals surface area contributed by atoms with Crippen LogP contribution in [0.15, 0.2) is 22.1 Å². The third-order valence-corrected chi connectivity index (χ3v) is 3.86. The molecule has 3 rings (SSSR count). The summed E-state index contributed by atoms with van der Waals surface area (Å²) >= 11 is 13.0. The van der Waals surface area contributed by atoms with Crippen molar-refractivity contribution in [2.24, 2.45) is 0 Å². The predicted octanol–water partition coefficient (Wildman–Crippen LogP) is 2.45. The van der Waals surface area contributed by atoms with E-state index in [1.807, 2.05) is 0 Å². The van der Waals surface area contributed by atoms with Gasteiger partial charge in [0.1, 0.15) is 0 Å². The Bertz CT molecular complexity index is 726. The molecule has 0 saturated heterocycles. The van der Waals surface area contributed by atoms with E-state index in [9.17, 15) is 9.59 Å². The predicted molar refractivity (Wildman–Crippen MR) is 67.4 cm³/mol. The fraction of sp³-hybridized carbons (Fsp3) is 0.100. The van der Waals surface area contributed by atoms with Gasteiger partial charge in [0.05, 0.1) is 21.7 Å². The zero-order chi connectivity index (χ0) is 12.2. The Morgan fingerprint density at radius 3 is 2.82 bits per heavy atom. The highest BCUT2D eigenvalue weighted by Crippen LogP contribution is 2.28. The Labute approximate surface area is 110 Å². The van der Waals surface area contributed by atoms with Crippen molar-refractivity contribution in [1.82, 2.24) is 9.55 Å². The molecule has 0 atom stereocenters. The van der Waals surface area contributed by atoms with Crippen molar-refractivity contribution in [2.45, 2.75) is 5.16 Å². The first-order chi connectivity index (χ1) is 8.08. The molecule has 7 heteroatoms. The number of thioether (sulfide) groups is 1. The Kier molecular flexibility index (Phi) is 2.43. The number of hydrogen-bond donors (Lipinski definition) is 0. The molecule has 4 nitrogen and oxygen atoms in total. The van der Waals surface area contributed by atoms with Crippen LogP contribution in [0.3, 0.4) is 0 Å². The largest absolute Gasteiger partial charge is 0.273 e. The normalized spacial score (nSPS) is 14.4. The molecule has 0 bridgehead atoms. The topological polar surface area (TPSA) is 52.0 Å². The van der Waals surface area contributed by atoms with Crippen LogP contribution in [0.1, 0.15) is 4.79 Å². The van der Waals surface area contributed by atoms with Gasteiger partial charge in [-0.3, -0.25) is 9.59 Å². The standard InChI is InChI=1S/C10H4Cl2N2O2S/c11-4-1-5-8(6(12)2-4)13-10-14(9(5)16)7(15)3-17-10/h1-2H,3H2. The molecule has 0 fully saturated rings. The molecule has 0 spiro atoms. The fourth-order valence-electron chi connectivity index (χ4n) is 1.70. The monoisotopic (exact) mass is 286 g/mol. The lowest BCUT2D eigenvalue weighted by molar-refractivity contribution is 0.0934. The molecule has 1 aromatic heterocycles. The van der Waals surface area contributed by atoms with E-state index < -0.39 is 5.56 Å². The van der Waals surface area contributed by atoms with Gasteiger partial charge in [0.15, 0.2) is 5.16 Å². The molecule has 0 N–H and O–H groups in total. The summed E-state index contributed by atoms with van der Waals surface area (Å²) in [5, 5.41) is 1.31. The number of carbonyl (C=O) groups excluding carboxylic acids is 1. The van der Waals surface area contributed by atoms with Crippen molar-refractivity contribution < 1.29 is 4.79 Å². The lowest BCUT2D eigenvalue weighted by atomic mass is 10.2. The van der Waals surface area contributed by atoms with Crippen LogP contribution < -0.4 is 5.56 Å². The maximum atomic E-state index is 12.1. The second kappa shape index (κ2) is 3.73. The minimum Gasteiger partial charge on any atom is -0.273 e. The van der Waals surface area contributed by atoms with E-state index in [2.05, 4.69) is 4.98 Å². The lowest BCUT2D eigenvalue weighted by Gasteiger charge is -2.04. The highest BCUT2D eigenvalue weighted by atomic mass is 35.5. The average Bonchev–Trinajstić information content (AvgIpc) is 2.63. The van der Waals surface area contributed by atoms with Crippen LogP contribution >= 0.6 is 35.0 Å². The summed E-state index contributed by atoms with van der Waals surface area (Å²) in [5.74, 6) is -0.0373. The molecule has 2 aromatic rings. The van der Waals surface area contributed by atoms with Crippen LogP contribution in [0.4, 0.5) is 0 Å². The van der Waals surface area contributed by atoms with Crippen molar-refractivity contribution in [3.05, 3.63) is 32.5 Å². The summed E-state index contributed by atoms with van der Waals surface area (Å²) in [7, 11) is 0. The molecule has 0 unspecified atom stereocenters. The van der Waals surface area contributed by atoms with Gasteiger partial charge < -0.3 is 0 Å². The Morgan fingerprint density at radius 1 is 1.29 bits per heavy atom. The van der Waals surface area contributed by atoms with Gasteiger partial charge in [-0.1, -0.05) is 35.0 Å². The van der Waals surface area contributed by atoms with Gasteiger partial charge in [-0.15, -0.1) is 0 Å². The van der Waals surface area contributed by atoms with E-state index in [0.717, 1.165) is 4.57 Å². The maximum absolute atomic E-state index is 12.1. The van der Waals surface area contributed by atoms with Crippen LogP contribution in [0.25, 0.3) is 10.9 Å². The van der Waals surface area contributed by atoms with Crippen molar-refractivity contribution in [2.75, 3.05) is 5.75 Å². The molecule has 0 radical (unpaired) electrons. The zero-order valence-electron chi connectivity index (χ0n) is 8.24. The van der Waals surface area contributed by atoms with Crippen molar-refractivity contribution in [1.29, 1.82) is 0 Å². The highest BCUT2D eigenvalue weighted by Gasteiger charge is 2.24. The van der Waals surface area contributed by atoms with E-state index in [1.165, 1.54) is 23.9 Å². The molecule has 0 saturated carbocycles. The number of carbonyl (C=O) groups is 1. The van der Waals surface area contributed by atoms with E-state index in [0.29, 0.717) is 20.7 Å². The van der Waals surface area contributed by atoms with Gasteiger partial charge in [-0.25, -0.2) is 9.55 Å². The summed E-state index contributed by atoms with van der Waals surface area (Å²) < 4.78 is 1.07. The number of halogens is 2. The molecule has 0 amide bonds. The van der Waals surface area contributed by atoms with Gasteiger partial charge in [0.25, 0.3) is 5.56 Å². The number of rotatable bonds is 0. The summed E-state index contributed by atoms with van der Waals surface area (Å²) in [6.07, 6.45) is 0. The van der Waals surface area contributed by atoms with Crippen LogP contribution in [0.5, 0.6) is 0 Å². The molecule has 2 heterocycles. The molecular weight excluding hydrogens is 283 g/mol. The SMILES string of the molecule is O=C1CSc2nc3c(Cl)cc(Cl)cc3c(=O)n21. The smallest absolute Gasteiger partial charge is 0.269 e. The Morgan fingerprint density at radius 2 is 2.06 bits per heavy atom. The Hall–Kier alpha value is -1.04. The van der Waals surface area contributed by atoms with Crippen molar-refractivity contribution >= 4 is 51.8 Å². The van der Waals surface area contributed by atoms with Crippen molar-refractivity contribution in [3.63, 3.8) is 0 Å². The third-order valence-electron chi connectivity index (χ3n) is 2.43. The van der Waals surface area contributed by atoms with E-state index in [-0.39, 0.29) is 17.0 Å². The second-order valence-electron chi connectivity index (χ2n) is 3.50. The first kappa shape index (κ1) is 11.1.